The molecular formula is C28H18ClF2N7O4S. The standard InChI is InChI=1S/C28H18ClF2N7O4S/c29-15-4-1-2-7-21(15)43(41,42)37-18-9-8-16(30)25(24(18)31)36-27-26-19(33-13-34-27)10-11-22(35-26)38-12-14(28(39)40)23-17(32)5-3-6-20(23)38/h1-13,37H,32H2,(H,39,40)(H,33,34,36). The summed E-state index contributed by atoms with van der Waals surface area (Å²) >= 11 is 6.00. The smallest absolute Gasteiger partial charge is 0.337 e. The Hall–Kier alpha value is -5.34. The minimum absolute atomic E-state index is 0.0437. The Kier molecular flexibility index (Phi) is 6.79. The van der Waals surface area contributed by atoms with E-state index in [4.69, 9.17) is 17.3 Å². The molecule has 0 radical (unpaired) electrons. The van der Waals surface area contributed by atoms with E-state index in [0.717, 1.165) is 18.5 Å². The molecule has 3 aromatic carbocycles. The number of hydrogen-bond acceptors (Lipinski definition) is 8. The van der Waals surface area contributed by atoms with Gasteiger partial charge in [0, 0.05) is 17.3 Å². The van der Waals surface area contributed by atoms with Gasteiger partial charge in [-0.15, -0.1) is 0 Å². The molecule has 0 saturated carbocycles. The van der Waals surface area contributed by atoms with Crippen molar-refractivity contribution in [2.45, 2.75) is 4.90 Å². The van der Waals surface area contributed by atoms with Crippen molar-refractivity contribution in [3.8, 4) is 5.82 Å². The lowest BCUT2D eigenvalue weighted by Gasteiger charge is -2.15. The van der Waals surface area contributed by atoms with Crippen molar-refractivity contribution >= 4 is 72.4 Å². The molecule has 5 N–H and O–H groups in total. The summed E-state index contributed by atoms with van der Waals surface area (Å²) in [4.78, 5) is 24.4. The van der Waals surface area contributed by atoms with E-state index in [2.05, 4.69) is 25.0 Å². The summed E-state index contributed by atoms with van der Waals surface area (Å²) in [6, 6.07) is 15.5. The van der Waals surface area contributed by atoms with Crippen molar-refractivity contribution in [1.29, 1.82) is 0 Å². The molecule has 0 amide bonds. The van der Waals surface area contributed by atoms with Gasteiger partial charge in [0.25, 0.3) is 10.0 Å². The number of carbonyl (C=O) groups is 1. The first kappa shape index (κ1) is 27.8. The van der Waals surface area contributed by atoms with Crippen LogP contribution >= 0.6 is 11.6 Å². The van der Waals surface area contributed by atoms with Crippen LogP contribution in [0.25, 0.3) is 27.8 Å². The zero-order valence-corrected chi connectivity index (χ0v) is 23.2. The Bertz CT molecular complexity index is 2210. The number of carboxylic acid groups (broad SMARTS) is 1. The number of aromatic nitrogens is 4. The molecule has 15 heteroatoms. The molecule has 0 saturated heterocycles. The van der Waals surface area contributed by atoms with E-state index < -0.39 is 39.0 Å². The number of nitrogens with one attached hydrogen (secondary N) is 2. The number of halogens is 3. The van der Waals surface area contributed by atoms with E-state index in [-0.39, 0.29) is 38.3 Å². The van der Waals surface area contributed by atoms with Crippen molar-refractivity contribution in [3.05, 3.63) is 101 Å². The number of carboxylic acids is 1. The van der Waals surface area contributed by atoms with Crippen LogP contribution < -0.4 is 15.8 Å². The number of benzene rings is 3. The Morgan fingerprint density at radius 2 is 1.79 bits per heavy atom. The number of pyridine rings is 1. The molecule has 0 aliphatic heterocycles. The second-order valence-electron chi connectivity index (χ2n) is 9.16. The number of rotatable bonds is 7. The average Bonchev–Trinajstić information content (AvgIpc) is 3.38. The van der Waals surface area contributed by atoms with E-state index in [1.54, 1.807) is 30.3 Å². The van der Waals surface area contributed by atoms with E-state index in [9.17, 15) is 22.7 Å². The number of anilines is 4. The largest absolute Gasteiger partial charge is 0.478 e. The van der Waals surface area contributed by atoms with Gasteiger partial charge in [0.1, 0.15) is 34.1 Å². The normalized spacial score (nSPS) is 11.6. The Morgan fingerprint density at radius 3 is 2.56 bits per heavy atom. The third kappa shape index (κ3) is 4.91. The van der Waals surface area contributed by atoms with Crippen LogP contribution in [0.15, 0.2) is 84.1 Å². The first-order chi connectivity index (χ1) is 20.5. The molecule has 0 bridgehead atoms. The molecule has 216 valence electrons. The maximum atomic E-state index is 15.6. The fraction of sp³-hybridized carbons (Fsp3) is 0. The van der Waals surface area contributed by atoms with E-state index in [0.29, 0.717) is 16.4 Å². The van der Waals surface area contributed by atoms with Crippen LogP contribution in [0.5, 0.6) is 0 Å². The Morgan fingerprint density at radius 1 is 1.00 bits per heavy atom. The van der Waals surface area contributed by atoms with Crippen LogP contribution in [0.1, 0.15) is 10.4 Å². The third-order valence-electron chi connectivity index (χ3n) is 6.51. The highest BCUT2D eigenvalue weighted by atomic mass is 35.5. The molecule has 43 heavy (non-hydrogen) atoms. The summed E-state index contributed by atoms with van der Waals surface area (Å²) in [5, 5.41) is 12.5. The molecule has 0 unspecified atom stereocenters. The predicted molar refractivity (Wildman–Crippen MR) is 157 cm³/mol. The van der Waals surface area contributed by atoms with Crippen molar-refractivity contribution in [2.75, 3.05) is 15.8 Å². The lowest BCUT2D eigenvalue weighted by molar-refractivity contribution is 0.0699. The topological polar surface area (TPSA) is 165 Å². The van der Waals surface area contributed by atoms with E-state index in [1.807, 2.05) is 0 Å². The van der Waals surface area contributed by atoms with Crippen LogP contribution in [-0.2, 0) is 10.0 Å². The molecule has 3 aromatic heterocycles. The molecule has 0 aliphatic rings. The minimum atomic E-state index is -4.33. The molecular weight excluding hydrogens is 604 g/mol. The minimum Gasteiger partial charge on any atom is -0.478 e. The molecule has 0 aliphatic carbocycles. The Balaban J connectivity index is 1.43. The lowest BCUT2D eigenvalue weighted by Crippen LogP contribution is -2.15. The average molecular weight is 622 g/mol. The predicted octanol–water partition coefficient (Wildman–Crippen LogP) is 5.73. The monoisotopic (exact) mass is 621 g/mol. The van der Waals surface area contributed by atoms with Gasteiger partial charge in [-0.3, -0.25) is 4.72 Å². The van der Waals surface area contributed by atoms with Gasteiger partial charge in [0.2, 0.25) is 0 Å². The van der Waals surface area contributed by atoms with Gasteiger partial charge in [-0.25, -0.2) is 36.9 Å². The number of fused-ring (bicyclic) bond motifs is 2. The van der Waals surface area contributed by atoms with Crippen molar-refractivity contribution in [2.24, 2.45) is 0 Å². The quantitative estimate of drug-likeness (QED) is 0.163. The molecule has 0 spiro atoms. The number of sulfonamides is 1. The molecule has 0 atom stereocenters. The van der Waals surface area contributed by atoms with E-state index in [1.165, 1.54) is 35.0 Å². The fourth-order valence-corrected chi connectivity index (χ4v) is 6.13. The molecule has 0 fully saturated rings. The van der Waals surface area contributed by atoms with Crippen LogP contribution in [0, 0.1) is 11.6 Å². The van der Waals surface area contributed by atoms with Gasteiger partial charge in [-0.1, -0.05) is 29.8 Å². The van der Waals surface area contributed by atoms with Crippen LogP contribution in [0.4, 0.5) is 31.7 Å². The SMILES string of the molecule is Nc1cccc2c1c(C(=O)O)cn2-c1ccc2ncnc(Nc3c(F)ccc(NS(=O)(=O)c4ccccc4Cl)c3F)c2n1. The number of hydrogen-bond donors (Lipinski definition) is 4. The van der Waals surface area contributed by atoms with Crippen LogP contribution in [-0.4, -0.2) is 39.0 Å². The molecule has 6 aromatic rings. The first-order valence-corrected chi connectivity index (χ1v) is 14.2. The lowest BCUT2D eigenvalue weighted by atomic mass is 10.1. The third-order valence-corrected chi connectivity index (χ3v) is 8.38. The van der Waals surface area contributed by atoms with Crippen molar-refractivity contribution in [3.63, 3.8) is 0 Å². The zero-order valence-electron chi connectivity index (χ0n) is 21.6. The van der Waals surface area contributed by atoms with Crippen molar-refractivity contribution in [1.82, 2.24) is 19.5 Å². The first-order valence-electron chi connectivity index (χ1n) is 12.3. The van der Waals surface area contributed by atoms with Gasteiger partial charge in [-0.05, 0) is 48.5 Å². The highest BCUT2D eigenvalue weighted by Crippen LogP contribution is 2.33. The maximum absolute atomic E-state index is 15.6. The summed E-state index contributed by atoms with van der Waals surface area (Å²) in [5.74, 6) is -3.35. The molecule has 11 nitrogen and oxygen atoms in total. The van der Waals surface area contributed by atoms with Crippen LogP contribution in [0.3, 0.4) is 0 Å². The number of aromatic carboxylic acids is 1. The summed E-state index contributed by atoms with van der Waals surface area (Å²) in [6.07, 6.45) is 2.52. The van der Waals surface area contributed by atoms with Gasteiger partial charge < -0.3 is 20.7 Å². The maximum Gasteiger partial charge on any atom is 0.337 e. The summed E-state index contributed by atoms with van der Waals surface area (Å²) in [6.45, 7) is 0. The molecule has 3 heterocycles. The number of nitrogen functional groups attached to an aromatic ring is 1. The highest BCUT2D eigenvalue weighted by molar-refractivity contribution is 7.92. The van der Waals surface area contributed by atoms with Crippen molar-refractivity contribution < 1.29 is 27.1 Å². The Labute approximate surface area is 246 Å². The number of nitrogens with two attached hydrogens (primary N) is 1. The summed E-state index contributed by atoms with van der Waals surface area (Å²) < 4.78 is 59.9. The summed E-state index contributed by atoms with van der Waals surface area (Å²) in [7, 11) is -4.33. The van der Waals surface area contributed by atoms with E-state index >= 15 is 4.39 Å². The van der Waals surface area contributed by atoms with Crippen LogP contribution in [0.2, 0.25) is 5.02 Å². The highest BCUT2D eigenvalue weighted by Gasteiger charge is 2.23. The summed E-state index contributed by atoms with van der Waals surface area (Å²) in [5.41, 5.74) is 5.87. The number of nitrogens with zero attached hydrogens (tertiary/aromatic N) is 4. The zero-order chi connectivity index (χ0) is 30.5. The molecule has 6 rings (SSSR count). The van der Waals surface area contributed by atoms with Gasteiger partial charge >= 0.3 is 5.97 Å². The van der Waals surface area contributed by atoms with Gasteiger partial charge in [0.05, 0.1) is 27.3 Å². The second-order valence-corrected chi connectivity index (χ2v) is 11.2. The fourth-order valence-electron chi connectivity index (χ4n) is 4.55. The van der Waals surface area contributed by atoms with Gasteiger partial charge in [-0.2, -0.15) is 0 Å². The van der Waals surface area contributed by atoms with Gasteiger partial charge in [0.15, 0.2) is 11.6 Å². The second kappa shape index (κ2) is 10.5.